The van der Waals surface area contributed by atoms with Gasteiger partial charge in [0.1, 0.15) is 0 Å². The summed E-state index contributed by atoms with van der Waals surface area (Å²) in [6, 6.07) is 10.3. The first-order chi connectivity index (χ1) is 15.2. The van der Waals surface area contributed by atoms with Crippen molar-refractivity contribution in [3.63, 3.8) is 0 Å². The van der Waals surface area contributed by atoms with Crippen molar-refractivity contribution in [1.82, 2.24) is 0 Å². The second-order valence-electron chi connectivity index (χ2n) is 8.91. The van der Waals surface area contributed by atoms with E-state index in [2.05, 4.69) is 19.1 Å². The lowest BCUT2D eigenvalue weighted by atomic mass is 10.0. The average molecular weight is 449 g/mol. The lowest BCUT2D eigenvalue weighted by molar-refractivity contribution is -0.142. The van der Waals surface area contributed by atoms with E-state index >= 15 is 0 Å². The molecule has 3 heteroatoms. The van der Waals surface area contributed by atoms with Crippen molar-refractivity contribution < 1.29 is 9.53 Å². The average Bonchev–Trinajstić information content (AvgIpc) is 2.80. The Morgan fingerprint density at radius 1 is 0.742 bits per heavy atom. The third kappa shape index (κ3) is 17.3. The maximum Gasteiger partial charge on any atom is 0.318 e. The van der Waals surface area contributed by atoms with E-state index in [-0.39, 0.29) is 11.2 Å². The van der Waals surface area contributed by atoms with Gasteiger partial charge in [0, 0.05) is 5.75 Å². The molecule has 0 aromatic heterocycles. The molecule has 0 aliphatic carbocycles. The fraction of sp³-hybridized carbons (Fsp3) is 0.750. The fourth-order valence-electron chi connectivity index (χ4n) is 3.80. The minimum atomic E-state index is -0.0961. The van der Waals surface area contributed by atoms with Gasteiger partial charge in [-0.1, -0.05) is 134 Å². The van der Waals surface area contributed by atoms with E-state index in [4.69, 9.17) is 4.74 Å². The highest BCUT2D eigenvalue weighted by Gasteiger charge is 2.14. The molecule has 1 rings (SSSR count). The first kappa shape index (κ1) is 28.1. The Bertz CT molecular complexity index is 517. The van der Waals surface area contributed by atoms with Crippen LogP contribution in [-0.4, -0.2) is 17.8 Å². The van der Waals surface area contributed by atoms with Crippen LogP contribution in [0, 0.1) is 0 Å². The SMILES string of the molecule is CCCCCCCCCCCCCCCCCCOC(=O)C(C)SCc1ccccc1. The lowest BCUT2D eigenvalue weighted by Gasteiger charge is -2.11. The van der Waals surface area contributed by atoms with Gasteiger partial charge in [-0.3, -0.25) is 4.79 Å². The van der Waals surface area contributed by atoms with E-state index in [9.17, 15) is 4.79 Å². The van der Waals surface area contributed by atoms with Gasteiger partial charge in [-0.2, -0.15) is 0 Å². The van der Waals surface area contributed by atoms with Crippen LogP contribution < -0.4 is 0 Å². The zero-order valence-electron chi connectivity index (χ0n) is 20.4. The molecule has 1 aromatic carbocycles. The summed E-state index contributed by atoms with van der Waals surface area (Å²) in [5.41, 5.74) is 1.25. The number of rotatable bonds is 21. The summed E-state index contributed by atoms with van der Waals surface area (Å²) in [4.78, 5) is 12.1. The number of benzene rings is 1. The van der Waals surface area contributed by atoms with Crippen molar-refractivity contribution in [3.05, 3.63) is 35.9 Å². The first-order valence-electron chi connectivity index (χ1n) is 13.1. The maximum atomic E-state index is 12.1. The van der Waals surface area contributed by atoms with Gasteiger partial charge in [-0.15, -0.1) is 11.8 Å². The van der Waals surface area contributed by atoms with Gasteiger partial charge in [0.25, 0.3) is 0 Å². The summed E-state index contributed by atoms with van der Waals surface area (Å²) in [6.45, 7) is 4.81. The van der Waals surface area contributed by atoms with E-state index < -0.39 is 0 Å². The minimum absolute atomic E-state index is 0.0677. The molecule has 0 fully saturated rings. The monoisotopic (exact) mass is 448 g/mol. The fourth-order valence-corrected chi connectivity index (χ4v) is 4.64. The number of hydrogen-bond acceptors (Lipinski definition) is 3. The second kappa shape index (κ2) is 20.9. The van der Waals surface area contributed by atoms with Crippen LogP contribution >= 0.6 is 11.8 Å². The van der Waals surface area contributed by atoms with Crippen LogP contribution in [-0.2, 0) is 15.3 Å². The molecule has 0 aliphatic rings. The third-order valence-corrected chi connectivity index (χ3v) is 7.11. The van der Waals surface area contributed by atoms with Gasteiger partial charge in [-0.05, 0) is 18.9 Å². The van der Waals surface area contributed by atoms with Crippen LogP contribution in [0.4, 0.5) is 0 Å². The Morgan fingerprint density at radius 2 is 1.19 bits per heavy atom. The molecule has 0 saturated heterocycles. The van der Waals surface area contributed by atoms with Gasteiger partial charge in [0.2, 0.25) is 0 Å². The Hall–Kier alpha value is -0.960. The molecular formula is C28H48O2S. The highest BCUT2D eigenvalue weighted by atomic mass is 32.2. The molecule has 0 heterocycles. The number of carbonyl (C=O) groups excluding carboxylic acids is 1. The minimum Gasteiger partial charge on any atom is -0.465 e. The van der Waals surface area contributed by atoms with Crippen LogP contribution in [0.1, 0.15) is 122 Å². The summed E-state index contributed by atoms with van der Waals surface area (Å²) in [7, 11) is 0. The van der Waals surface area contributed by atoms with Crippen LogP contribution in [0.5, 0.6) is 0 Å². The van der Waals surface area contributed by atoms with Crippen LogP contribution in [0.2, 0.25) is 0 Å². The van der Waals surface area contributed by atoms with E-state index in [1.165, 1.54) is 102 Å². The molecule has 178 valence electrons. The van der Waals surface area contributed by atoms with Crippen molar-refractivity contribution in [1.29, 1.82) is 0 Å². The number of ether oxygens (including phenoxy) is 1. The van der Waals surface area contributed by atoms with E-state index in [0.717, 1.165) is 12.2 Å². The van der Waals surface area contributed by atoms with Gasteiger partial charge in [0.05, 0.1) is 11.9 Å². The van der Waals surface area contributed by atoms with E-state index in [0.29, 0.717) is 6.61 Å². The number of thioether (sulfide) groups is 1. The molecule has 0 aliphatic heterocycles. The molecule has 31 heavy (non-hydrogen) atoms. The maximum absolute atomic E-state index is 12.1. The standard InChI is InChI=1S/C28H48O2S/c1-3-4-5-6-7-8-9-10-11-12-13-14-15-16-17-21-24-30-28(29)26(2)31-25-27-22-19-18-20-23-27/h18-20,22-23,26H,3-17,21,24-25H2,1-2H3. The Labute approximate surface area is 197 Å². The molecular weight excluding hydrogens is 400 g/mol. The number of hydrogen-bond donors (Lipinski definition) is 0. The Balaban J connectivity index is 1.80. The Kier molecular flexibility index (Phi) is 18.9. The normalized spacial score (nSPS) is 12.1. The molecule has 0 bridgehead atoms. The topological polar surface area (TPSA) is 26.3 Å². The molecule has 1 unspecified atom stereocenters. The molecule has 0 saturated carbocycles. The second-order valence-corrected chi connectivity index (χ2v) is 10.2. The van der Waals surface area contributed by atoms with Gasteiger partial charge in [-0.25, -0.2) is 0 Å². The van der Waals surface area contributed by atoms with Gasteiger partial charge < -0.3 is 4.74 Å². The van der Waals surface area contributed by atoms with Crippen molar-refractivity contribution in [2.75, 3.05) is 6.61 Å². The van der Waals surface area contributed by atoms with Crippen molar-refractivity contribution in [3.8, 4) is 0 Å². The quantitative estimate of drug-likeness (QED) is 0.138. The smallest absolute Gasteiger partial charge is 0.318 e. The molecule has 0 amide bonds. The summed E-state index contributed by atoms with van der Waals surface area (Å²) in [6.07, 6.45) is 21.8. The van der Waals surface area contributed by atoms with Gasteiger partial charge >= 0.3 is 5.97 Å². The Morgan fingerprint density at radius 3 is 1.68 bits per heavy atom. The molecule has 2 nitrogen and oxygen atoms in total. The van der Waals surface area contributed by atoms with E-state index in [1.807, 2.05) is 25.1 Å². The highest BCUT2D eigenvalue weighted by Crippen LogP contribution is 2.19. The largest absolute Gasteiger partial charge is 0.465 e. The number of esters is 1. The number of unbranched alkanes of at least 4 members (excludes halogenated alkanes) is 15. The predicted octanol–water partition coefficient (Wildman–Crippen LogP) is 9.11. The molecule has 0 spiro atoms. The molecule has 1 atom stereocenters. The van der Waals surface area contributed by atoms with Crippen LogP contribution in [0.3, 0.4) is 0 Å². The third-order valence-electron chi connectivity index (χ3n) is 5.92. The zero-order valence-corrected chi connectivity index (χ0v) is 21.2. The highest BCUT2D eigenvalue weighted by molar-refractivity contribution is 7.99. The van der Waals surface area contributed by atoms with Crippen molar-refractivity contribution >= 4 is 17.7 Å². The summed E-state index contributed by atoms with van der Waals surface area (Å²) < 4.78 is 5.45. The lowest BCUT2D eigenvalue weighted by Crippen LogP contribution is -2.17. The van der Waals surface area contributed by atoms with Crippen LogP contribution in [0.15, 0.2) is 30.3 Å². The summed E-state index contributed by atoms with van der Waals surface area (Å²) in [5, 5.41) is -0.0961. The van der Waals surface area contributed by atoms with Crippen molar-refractivity contribution in [2.24, 2.45) is 0 Å². The van der Waals surface area contributed by atoms with Crippen molar-refractivity contribution in [2.45, 2.75) is 128 Å². The number of carbonyl (C=O) groups is 1. The molecule has 1 aromatic rings. The predicted molar refractivity (Wildman–Crippen MR) is 138 cm³/mol. The van der Waals surface area contributed by atoms with E-state index in [1.54, 1.807) is 11.8 Å². The van der Waals surface area contributed by atoms with Crippen LogP contribution in [0.25, 0.3) is 0 Å². The molecule has 0 N–H and O–H groups in total. The first-order valence-corrected chi connectivity index (χ1v) is 14.1. The van der Waals surface area contributed by atoms with Gasteiger partial charge in [0.15, 0.2) is 0 Å². The summed E-state index contributed by atoms with van der Waals surface area (Å²) in [5.74, 6) is 0.790. The molecule has 0 radical (unpaired) electrons. The zero-order chi connectivity index (χ0) is 22.4. The summed E-state index contributed by atoms with van der Waals surface area (Å²) >= 11 is 1.65.